The van der Waals surface area contributed by atoms with Gasteiger partial charge in [-0.15, -0.1) is 0 Å². The first-order valence-corrected chi connectivity index (χ1v) is 7.00. The zero-order valence-corrected chi connectivity index (χ0v) is 13.3. The van der Waals surface area contributed by atoms with Crippen molar-refractivity contribution in [3.8, 4) is 0 Å². The summed E-state index contributed by atoms with van der Waals surface area (Å²) in [5, 5.41) is 0. The van der Waals surface area contributed by atoms with E-state index in [0.717, 1.165) is 11.4 Å². The van der Waals surface area contributed by atoms with E-state index in [1.165, 1.54) is 33.5 Å². The number of nitrogens with two attached hydrogens (primary N) is 1. The van der Waals surface area contributed by atoms with Crippen molar-refractivity contribution in [2.45, 2.75) is 34.6 Å². The molecule has 0 bridgehead atoms. The maximum Gasteiger partial charge on any atom is 0.0644 e. The Morgan fingerprint density at radius 1 is 0.850 bits per heavy atom. The quantitative estimate of drug-likeness (QED) is 0.808. The van der Waals surface area contributed by atoms with Gasteiger partial charge in [-0.3, -0.25) is 0 Å². The van der Waals surface area contributed by atoms with Gasteiger partial charge in [0.05, 0.1) is 11.4 Å². The molecule has 0 saturated heterocycles. The summed E-state index contributed by atoms with van der Waals surface area (Å²) >= 11 is 0. The van der Waals surface area contributed by atoms with Crippen molar-refractivity contribution in [1.29, 1.82) is 0 Å². The van der Waals surface area contributed by atoms with Crippen molar-refractivity contribution < 1.29 is 0 Å². The summed E-state index contributed by atoms with van der Waals surface area (Å²) in [6, 6.07) is 8.43. The lowest BCUT2D eigenvalue weighted by Gasteiger charge is -2.27. The predicted molar refractivity (Wildman–Crippen MR) is 89.0 cm³/mol. The van der Waals surface area contributed by atoms with Crippen LogP contribution in [0.4, 0.5) is 17.1 Å². The second kappa shape index (κ2) is 5.20. The molecule has 20 heavy (non-hydrogen) atoms. The zero-order valence-electron chi connectivity index (χ0n) is 13.3. The van der Waals surface area contributed by atoms with Gasteiger partial charge in [-0.25, -0.2) is 0 Å². The number of rotatable bonds is 2. The normalized spacial score (nSPS) is 10.7. The third-order valence-corrected chi connectivity index (χ3v) is 4.21. The molecule has 0 aromatic heterocycles. The molecule has 0 heterocycles. The Morgan fingerprint density at radius 2 is 1.40 bits per heavy atom. The smallest absolute Gasteiger partial charge is 0.0644 e. The first-order chi connectivity index (χ1) is 9.32. The second-order valence-electron chi connectivity index (χ2n) is 5.73. The molecule has 0 saturated carbocycles. The Bertz CT molecular complexity index is 631. The van der Waals surface area contributed by atoms with Gasteiger partial charge in [0, 0.05) is 12.7 Å². The summed E-state index contributed by atoms with van der Waals surface area (Å²) in [4.78, 5) is 2.22. The molecule has 0 atom stereocenters. The molecule has 2 rings (SSSR count). The van der Waals surface area contributed by atoms with Crippen LogP contribution in [0.25, 0.3) is 0 Å². The van der Waals surface area contributed by atoms with E-state index in [1.54, 1.807) is 0 Å². The second-order valence-corrected chi connectivity index (χ2v) is 5.73. The molecular weight excluding hydrogens is 244 g/mol. The van der Waals surface area contributed by atoms with E-state index in [-0.39, 0.29) is 0 Å². The monoisotopic (exact) mass is 268 g/mol. The SMILES string of the molecule is Cc1ccc(N)c(N(C)c2c(C)c(C)cc(C)c2C)c1. The fourth-order valence-corrected chi connectivity index (χ4v) is 2.76. The number of benzene rings is 2. The fourth-order valence-electron chi connectivity index (χ4n) is 2.76. The van der Waals surface area contributed by atoms with E-state index in [9.17, 15) is 0 Å². The molecule has 2 nitrogen and oxygen atoms in total. The fraction of sp³-hybridized carbons (Fsp3) is 0.333. The lowest BCUT2D eigenvalue weighted by molar-refractivity contribution is 1.13. The van der Waals surface area contributed by atoms with Crippen LogP contribution in [0.15, 0.2) is 24.3 Å². The number of hydrogen-bond donors (Lipinski definition) is 1. The van der Waals surface area contributed by atoms with Crippen molar-refractivity contribution in [1.82, 2.24) is 0 Å². The maximum absolute atomic E-state index is 6.16. The first kappa shape index (κ1) is 14.4. The lowest BCUT2D eigenvalue weighted by Crippen LogP contribution is -2.15. The minimum Gasteiger partial charge on any atom is -0.397 e. The van der Waals surface area contributed by atoms with Crippen LogP contribution >= 0.6 is 0 Å². The highest BCUT2D eigenvalue weighted by Crippen LogP contribution is 2.36. The zero-order chi connectivity index (χ0) is 15.0. The maximum atomic E-state index is 6.16. The number of anilines is 3. The van der Waals surface area contributed by atoms with E-state index in [4.69, 9.17) is 5.73 Å². The van der Waals surface area contributed by atoms with Crippen LogP contribution in [-0.2, 0) is 0 Å². The topological polar surface area (TPSA) is 29.3 Å². The van der Waals surface area contributed by atoms with Gasteiger partial charge in [-0.2, -0.15) is 0 Å². The molecule has 2 aromatic rings. The number of nitrogens with zero attached hydrogens (tertiary/aromatic N) is 1. The van der Waals surface area contributed by atoms with Gasteiger partial charge in [0.1, 0.15) is 0 Å². The Hall–Kier alpha value is -1.96. The van der Waals surface area contributed by atoms with Crippen LogP contribution in [0.5, 0.6) is 0 Å². The first-order valence-electron chi connectivity index (χ1n) is 7.00. The predicted octanol–water partition coefficient (Wildman–Crippen LogP) is 4.58. The molecule has 0 amide bonds. The Kier molecular flexibility index (Phi) is 3.76. The van der Waals surface area contributed by atoms with Crippen LogP contribution in [0.2, 0.25) is 0 Å². The lowest BCUT2D eigenvalue weighted by atomic mass is 9.97. The average Bonchev–Trinajstić information content (AvgIpc) is 2.39. The summed E-state index contributed by atoms with van der Waals surface area (Å²) in [6.45, 7) is 10.8. The standard InChI is InChI=1S/C18H24N2/c1-11-7-8-16(19)17(9-11)20(6)18-14(4)12(2)10-13(3)15(18)5/h7-10H,19H2,1-6H3. The largest absolute Gasteiger partial charge is 0.397 e. The summed E-state index contributed by atoms with van der Waals surface area (Å²) in [7, 11) is 2.10. The van der Waals surface area contributed by atoms with Gasteiger partial charge >= 0.3 is 0 Å². The third-order valence-electron chi connectivity index (χ3n) is 4.21. The highest BCUT2D eigenvalue weighted by molar-refractivity contribution is 5.79. The van der Waals surface area contributed by atoms with E-state index >= 15 is 0 Å². The van der Waals surface area contributed by atoms with Crippen molar-refractivity contribution >= 4 is 17.1 Å². The van der Waals surface area contributed by atoms with Gasteiger partial charge < -0.3 is 10.6 Å². The van der Waals surface area contributed by atoms with E-state index in [2.05, 4.69) is 58.7 Å². The molecule has 0 aliphatic carbocycles. The van der Waals surface area contributed by atoms with E-state index < -0.39 is 0 Å². The van der Waals surface area contributed by atoms with Gasteiger partial charge in [0.15, 0.2) is 0 Å². The number of nitrogen functional groups attached to an aromatic ring is 1. The van der Waals surface area contributed by atoms with Crippen LogP contribution in [0.3, 0.4) is 0 Å². The molecule has 0 fully saturated rings. The summed E-state index contributed by atoms with van der Waals surface area (Å²) in [6.07, 6.45) is 0. The van der Waals surface area contributed by atoms with Gasteiger partial charge in [-0.05, 0) is 74.6 Å². The summed E-state index contributed by atoms with van der Waals surface area (Å²) in [5.74, 6) is 0. The molecule has 2 aromatic carbocycles. The van der Waals surface area contributed by atoms with Crippen molar-refractivity contribution in [3.05, 3.63) is 52.1 Å². The summed E-state index contributed by atoms with van der Waals surface area (Å²) < 4.78 is 0. The van der Waals surface area contributed by atoms with Crippen LogP contribution in [0.1, 0.15) is 27.8 Å². The molecule has 0 radical (unpaired) electrons. The minimum atomic E-state index is 0.816. The minimum absolute atomic E-state index is 0.816. The van der Waals surface area contributed by atoms with Gasteiger partial charge in [0.25, 0.3) is 0 Å². The van der Waals surface area contributed by atoms with Gasteiger partial charge in [0.2, 0.25) is 0 Å². The van der Waals surface area contributed by atoms with E-state index in [1.807, 2.05) is 12.1 Å². The molecule has 0 spiro atoms. The van der Waals surface area contributed by atoms with Gasteiger partial charge in [-0.1, -0.05) is 12.1 Å². The Balaban J connectivity index is 2.65. The number of aryl methyl sites for hydroxylation is 3. The molecule has 0 aliphatic rings. The highest BCUT2D eigenvalue weighted by Gasteiger charge is 2.15. The molecule has 2 heteroatoms. The van der Waals surface area contributed by atoms with Crippen molar-refractivity contribution in [3.63, 3.8) is 0 Å². The van der Waals surface area contributed by atoms with Crippen LogP contribution < -0.4 is 10.6 Å². The third kappa shape index (κ3) is 2.38. The number of hydrogen-bond acceptors (Lipinski definition) is 2. The molecule has 2 N–H and O–H groups in total. The average molecular weight is 268 g/mol. The highest BCUT2D eigenvalue weighted by atomic mass is 15.1. The van der Waals surface area contributed by atoms with Crippen LogP contribution in [0, 0.1) is 34.6 Å². The van der Waals surface area contributed by atoms with E-state index in [0.29, 0.717) is 0 Å². The molecule has 0 unspecified atom stereocenters. The Morgan fingerprint density at radius 3 is 1.95 bits per heavy atom. The van der Waals surface area contributed by atoms with Crippen molar-refractivity contribution in [2.24, 2.45) is 0 Å². The van der Waals surface area contributed by atoms with Crippen LogP contribution in [-0.4, -0.2) is 7.05 Å². The molecule has 106 valence electrons. The van der Waals surface area contributed by atoms with Crippen molar-refractivity contribution in [2.75, 3.05) is 17.7 Å². The summed E-state index contributed by atoms with van der Waals surface area (Å²) in [5.41, 5.74) is 15.8. The Labute approximate surface area is 122 Å². The molecular formula is C18H24N2. The molecule has 0 aliphatic heterocycles.